The molecule has 4 N–H and O–H groups in total. The number of ether oxygens (including phenoxy) is 4. The Bertz CT molecular complexity index is 1290. The third-order valence-corrected chi connectivity index (χ3v) is 16.5. The summed E-state index contributed by atoms with van der Waals surface area (Å²) in [6, 6.07) is 0. The van der Waals surface area contributed by atoms with E-state index in [0.29, 0.717) is 78.0 Å². The average molecular weight is 1170 g/mol. The van der Waals surface area contributed by atoms with Crippen LogP contribution in [0.25, 0.3) is 0 Å². The molecule has 82 heavy (non-hydrogen) atoms. The Balaban J connectivity index is 5.01. The molecule has 4 atom stereocenters. The zero-order chi connectivity index (χ0) is 60.0. The first-order valence-corrected chi connectivity index (χ1v) is 35.2. The molecule has 0 amide bonds. The predicted octanol–water partition coefficient (Wildman–Crippen LogP) is 16.2. The van der Waals surface area contributed by atoms with Crippen LogP contribution in [0, 0.1) is 11.8 Å². The maximum absolute atomic E-state index is 12.4. The van der Waals surface area contributed by atoms with Crippen molar-refractivity contribution in [3.8, 4) is 0 Å². The molecule has 0 rings (SSSR count). The van der Waals surface area contributed by atoms with Gasteiger partial charge in [-0.2, -0.15) is 0 Å². The Morgan fingerprint density at radius 2 is 0.561 bits per heavy atom. The molecule has 0 aliphatic carbocycles. The van der Waals surface area contributed by atoms with Gasteiger partial charge in [0.05, 0.1) is 38.6 Å². The van der Waals surface area contributed by atoms with Crippen LogP contribution in [0.1, 0.15) is 323 Å². The summed E-state index contributed by atoms with van der Waals surface area (Å²) in [4.78, 5) is 51.6. The Labute approximate surface area is 505 Å². The first kappa shape index (κ1) is 79.7. The van der Waals surface area contributed by atoms with Crippen LogP contribution in [0.5, 0.6) is 0 Å². The van der Waals surface area contributed by atoms with Crippen LogP contribution in [0.15, 0.2) is 0 Å². The fourth-order valence-electron chi connectivity index (χ4n) is 10.8. The lowest BCUT2D eigenvalue weighted by Crippen LogP contribution is -2.39. The van der Waals surface area contributed by atoms with Crippen LogP contribution >= 0.6 is 0 Å². The average Bonchev–Trinajstić information content (AvgIpc) is 3.47. The normalized spacial score (nSPS) is 13.1. The molecule has 0 aromatic carbocycles. The van der Waals surface area contributed by atoms with E-state index >= 15 is 0 Å². The summed E-state index contributed by atoms with van der Waals surface area (Å²) in [7, 11) is 2.13. The Hall–Kier alpha value is -2.32. The number of hydrogen-bond donors (Lipinski definition) is 4. The van der Waals surface area contributed by atoms with Gasteiger partial charge in [-0.05, 0) is 122 Å². The molecule has 0 saturated heterocycles. The number of hydrogen-bond acceptors (Lipinski definition) is 13. The van der Waals surface area contributed by atoms with Crippen molar-refractivity contribution in [3.05, 3.63) is 0 Å². The van der Waals surface area contributed by atoms with Gasteiger partial charge in [-0.15, -0.1) is 0 Å². The zero-order valence-corrected chi connectivity index (χ0v) is 54.5. The Morgan fingerprint density at radius 1 is 0.329 bits per heavy atom. The number of carbonyl (C=O) groups is 4. The standard InChI is InChI=1S/C69H135N3O10/c1-6-10-14-18-22-26-34-48-66(75)79-56-40-30-32-46-64(73)62(44-38-42-58-81-68(77)50-36-28-24-20-16-12-8-3)60-70-52-54-72(5)55-53-71-61-63(45-39-43-59-82-69(78)51-37-29-25-21-17-13-9-4)65(74)47-33-31-41-57-80-67(76)49-35-27-23-19-15-11-7-2/h62-65,70-71,73-74H,6-61H2,1-5H3. The molecule has 0 saturated carbocycles. The first-order chi connectivity index (χ1) is 40.1. The highest BCUT2D eigenvalue weighted by molar-refractivity contribution is 5.70. The van der Waals surface area contributed by atoms with Gasteiger partial charge in [0.25, 0.3) is 0 Å². The van der Waals surface area contributed by atoms with Gasteiger partial charge in [-0.3, -0.25) is 19.2 Å². The molecular weight excluding hydrogens is 1030 g/mol. The summed E-state index contributed by atoms with van der Waals surface area (Å²) in [6.07, 6.45) is 45.7. The van der Waals surface area contributed by atoms with Gasteiger partial charge in [0.2, 0.25) is 0 Å². The second-order valence-electron chi connectivity index (χ2n) is 24.4. The highest BCUT2D eigenvalue weighted by atomic mass is 16.5. The summed E-state index contributed by atoms with van der Waals surface area (Å²) in [6.45, 7) is 15.4. The maximum atomic E-state index is 12.4. The lowest BCUT2D eigenvalue weighted by molar-refractivity contribution is -0.144. The monoisotopic (exact) mass is 1170 g/mol. The highest BCUT2D eigenvalue weighted by Gasteiger charge is 2.21. The predicted molar refractivity (Wildman–Crippen MR) is 341 cm³/mol. The van der Waals surface area contributed by atoms with Crippen LogP contribution in [0.4, 0.5) is 0 Å². The van der Waals surface area contributed by atoms with E-state index < -0.39 is 12.2 Å². The quantitative estimate of drug-likeness (QED) is 0.0258. The minimum Gasteiger partial charge on any atom is -0.466 e. The minimum absolute atomic E-state index is 0.0857. The molecule has 0 aliphatic rings. The fraction of sp³-hybridized carbons (Fsp3) is 0.942. The van der Waals surface area contributed by atoms with E-state index in [9.17, 15) is 29.4 Å². The molecule has 0 aromatic rings. The number of aliphatic hydroxyl groups excluding tert-OH is 2. The molecule has 0 heterocycles. The van der Waals surface area contributed by atoms with E-state index in [-0.39, 0.29) is 35.7 Å². The minimum atomic E-state index is -0.443. The van der Waals surface area contributed by atoms with Gasteiger partial charge >= 0.3 is 23.9 Å². The van der Waals surface area contributed by atoms with Crippen molar-refractivity contribution >= 4 is 23.9 Å². The van der Waals surface area contributed by atoms with Crippen LogP contribution < -0.4 is 10.6 Å². The molecule has 0 spiro atoms. The third-order valence-electron chi connectivity index (χ3n) is 16.5. The molecule has 13 nitrogen and oxygen atoms in total. The van der Waals surface area contributed by atoms with Crippen LogP contribution in [-0.2, 0) is 38.1 Å². The van der Waals surface area contributed by atoms with Crippen LogP contribution in [0.3, 0.4) is 0 Å². The van der Waals surface area contributed by atoms with Crippen LogP contribution in [0.2, 0.25) is 0 Å². The first-order valence-electron chi connectivity index (χ1n) is 35.2. The van der Waals surface area contributed by atoms with Crippen molar-refractivity contribution in [1.29, 1.82) is 0 Å². The summed E-state index contributed by atoms with van der Waals surface area (Å²) in [5.74, 6) is -0.205. The van der Waals surface area contributed by atoms with Crippen molar-refractivity contribution in [2.75, 3.05) is 72.7 Å². The molecule has 486 valence electrons. The van der Waals surface area contributed by atoms with Crippen molar-refractivity contribution in [3.63, 3.8) is 0 Å². The second-order valence-corrected chi connectivity index (χ2v) is 24.4. The Morgan fingerprint density at radius 3 is 0.841 bits per heavy atom. The molecular formula is C69H135N3O10. The lowest BCUT2D eigenvalue weighted by atomic mass is 9.92. The van der Waals surface area contributed by atoms with Gasteiger partial charge in [-0.25, -0.2) is 0 Å². The van der Waals surface area contributed by atoms with Crippen molar-refractivity contribution in [2.24, 2.45) is 11.8 Å². The van der Waals surface area contributed by atoms with E-state index in [1.54, 1.807) is 0 Å². The molecule has 0 aliphatic heterocycles. The molecule has 4 unspecified atom stereocenters. The SMILES string of the molecule is CCCCCCCCCC(=O)OCCCCCC(O)C(CCCCOC(=O)CCCCCCCCC)CNCCN(C)CCNCC(CCCCOC(=O)CCCCCCCCC)C(O)CCCCCOC(=O)CCCCCCCCC. The van der Waals surface area contributed by atoms with Crippen molar-refractivity contribution < 1.29 is 48.3 Å². The maximum Gasteiger partial charge on any atom is 0.305 e. The number of rotatable bonds is 66. The number of carbonyl (C=O) groups excluding carboxylic acids is 4. The van der Waals surface area contributed by atoms with E-state index in [1.165, 1.54) is 128 Å². The highest BCUT2D eigenvalue weighted by Crippen LogP contribution is 2.21. The topological polar surface area (TPSA) is 173 Å². The van der Waals surface area contributed by atoms with E-state index in [4.69, 9.17) is 18.9 Å². The smallest absolute Gasteiger partial charge is 0.305 e. The van der Waals surface area contributed by atoms with Gasteiger partial charge in [-0.1, -0.05) is 195 Å². The number of likely N-dealkylation sites (N-methyl/N-ethyl adjacent to an activating group) is 1. The third kappa shape index (κ3) is 56.8. The summed E-state index contributed by atoms with van der Waals surface area (Å²) in [5, 5.41) is 30.2. The van der Waals surface area contributed by atoms with E-state index in [0.717, 1.165) is 155 Å². The fourth-order valence-corrected chi connectivity index (χ4v) is 10.8. The van der Waals surface area contributed by atoms with Gasteiger partial charge in [0.1, 0.15) is 0 Å². The number of esters is 4. The number of nitrogens with one attached hydrogen (secondary N) is 2. The molecule has 0 aromatic heterocycles. The summed E-state index contributed by atoms with van der Waals surface area (Å²) >= 11 is 0. The number of nitrogens with zero attached hydrogens (tertiary/aromatic N) is 1. The van der Waals surface area contributed by atoms with Crippen molar-refractivity contribution in [1.82, 2.24) is 15.5 Å². The van der Waals surface area contributed by atoms with Gasteiger partial charge < -0.3 is 44.7 Å². The molecule has 0 bridgehead atoms. The number of aliphatic hydroxyl groups is 2. The summed E-state index contributed by atoms with van der Waals surface area (Å²) < 4.78 is 22.2. The largest absolute Gasteiger partial charge is 0.466 e. The number of unbranched alkanes of at least 4 members (excludes halogenated alkanes) is 30. The molecule has 13 heteroatoms. The van der Waals surface area contributed by atoms with Crippen molar-refractivity contribution in [2.45, 2.75) is 335 Å². The van der Waals surface area contributed by atoms with Crippen LogP contribution in [-0.4, -0.2) is 124 Å². The van der Waals surface area contributed by atoms with E-state index in [2.05, 4.69) is 50.3 Å². The zero-order valence-electron chi connectivity index (χ0n) is 54.5. The summed E-state index contributed by atoms with van der Waals surface area (Å²) in [5.41, 5.74) is 0. The van der Waals surface area contributed by atoms with Gasteiger partial charge in [0, 0.05) is 65.0 Å². The lowest BCUT2D eigenvalue weighted by Gasteiger charge is -2.25. The van der Waals surface area contributed by atoms with Gasteiger partial charge in [0.15, 0.2) is 0 Å². The molecule has 0 radical (unpaired) electrons. The molecule has 0 fully saturated rings. The second kappa shape index (κ2) is 63.2. The Kier molecular flexibility index (Phi) is 61.4. The van der Waals surface area contributed by atoms with E-state index in [1.807, 2.05) is 0 Å².